The summed E-state index contributed by atoms with van der Waals surface area (Å²) < 4.78 is 19.1. The van der Waals surface area contributed by atoms with Gasteiger partial charge in [-0.2, -0.15) is 0 Å². The van der Waals surface area contributed by atoms with E-state index in [0.29, 0.717) is 43.7 Å². The van der Waals surface area contributed by atoms with Crippen LogP contribution < -0.4 is 24.4 Å². The molecule has 2 heterocycles. The highest BCUT2D eigenvalue weighted by atomic mass is 35.5. The van der Waals surface area contributed by atoms with E-state index < -0.39 is 12.0 Å². The Labute approximate surface area is 246 Å². The number of hydrogen-bond acceptors (Lipinski definition) is 7. The lowest BCUT2D eigenvalue weighted by molar-refractivity contribution is -0.143. The molecule has 5 rings (SSSR count). The van der Waals surface area contributed by atoms with Crippen LogP contribution in [0.4, 0.5) is 0 Å². The first-order valence-electron chi connectivity index (χ1n) is 13.1. The summed E-state index contributed by atoms with van der Waals surface area (Å²) in [6.45, 7) is 5.70. The summed E-state index contributed by atoms with van der Waals surface area (Å²) in [5, 5.41) is 0.437. The molecule has 0 bridgehead atoms. The third-order valence-corrected chi connectivity index (χ3v) is 7.83. The molecule has 4 aromatic rings. The maximum absolute atomic E-state index is 13.9. The number of ether oxygens (including phenoxy) is 3. The zero-order valence-electron chi connectivity index (χ0n) is 23.1. The van der Waals surface area contributed by atoms with Gasteiger partial charge in [0.05, 0.1) is 29.0 Å². The number of benzene rings is 3. The molecule has 9 heteroatoms. The lowest BCUT2D eigenvalue weighted by Gasteiger charge is -2.26. The molecule has 41 heavy (non-hydrogen) atoms. The molecule has 0 aliphatic carbocycles. The largest absolute Gasteiger partial charge is 0.493 e. The van der Waals surface area contributed by atoms with Crippen LogP contribution in [0.1, 0.15) is 43.5 Å². The second-order valence-electron chi connectivity index (χ2n) is 9.74. The zero-order valence-corrected chi connectivity index (χ0v) is 24.7. The molecule has 0 fully saturated rings. The highest BCUT2D eigenvalue weighted by molar-refractivity contribution is 7.07. The Morgan fingerprint density at radius 2 is 1.80 bits per heavy atom. The molecule has 0 N–H and O–H groups in total. The normalized spacial score (nSPS) is 15.0. The van der Waals surface area contributed by atoms with Crippen LogP contribution in [0.5, 0.6) is 11.5 Å². The summed E-state index contributed by atoms with van der Waals surface area (Å²) in [7, 11) is 1.58. The van der Waals surface area contributed by atoms with Crippen molar-refractivity contribution in [3.8, 4) is 11.5 Å². The summed E-state index contributed by atoms with van der Waals surface area (Å²) in [6.07, 6.45) is 1.44. The Hall–Kier alpha value is -4.14. The number of aromatic nitrogens is 1. The van der Waals surface area contributed by atoms with Gasteiger partial charge >= 0.3 is 5.97 Å². The van der Waals surface area contributed by atoms with Crippen molar-refractivity contribution < 1.29 is 19.0 Å². The number of halogens is 1. The fraction of sp³-hybridized carbons (Fsp3) is 0.219. The molecule has 7 nitrogen and oxygen atoms in total. The van der Waals surface area contributed by atoms with Crippen LogP contribution in [-0.4, -0.2) is 23.8 Å². The molecule has 1 aromatic heterocycles. The van der Waals surface area contributed by atoms with Gasteiger partial charge in [0.25, 0.3) is 5.56 Å². The fourth-order valence-electron chi connectivity index (χ4n) is 4.63. The quantitative estimate of drug-likeness (QED) is 0.257. The molecule has 210 valence electrons. The van der Waals surface area contributed by atoms with Crippen molar-refractivity contribution >= 4 is 35.0 Å². The van der Waals surface area contributed by atoms with Gasteiger partial charge in [-0.1, -0.05) is 77.5 Å². The summed E-state index contributed by atoms with van der Waals surface area (Å²) in [5.41, 5.74) is 2.89. The van der Waals surface area contributed by atoms with Crippen molar-refractivity contribution in [1.82, 2.24) is 4.57 Å². The standard InChI is InChI=1S/C32H29ClN2O5S/c1-19(2)40-31(37)28-20(3)34-32-35(29(28)23-12-8-9-13-24(23)33)30(36)27(41-32)17-22-14-15-25(26(16-22)38-4)39-18-21-10-6-5-7-11-21/h5-17,19,29H,18H2,1-4H3. The predicted octanol–water partition coefficient (Wildman–Crippen LogP) is 5.43. The van der Waals surface area contributed by atoms with Crippen LogP contribution in [-0.2, 0) is 16.1 Å². The average Bonchev–Trinajstić information content (AvgIpc) is 3.25. The Balaban J connectivity index is 1.57. The number of carbonyl (C=O) groups is 1. The van der Waals surface area contributed by atoms with Gasteiger partial charge in [0, 0.05) is 5.02 Å². The van der Waals surface area contributed by atoms with Crippen molar-refractivity contribution in [2.24, 2.45) is 4.99 Å². The van der Waals surface area contributed by atoms with Gasteiger partial charge in [0.15, 0.2) is 16.3 Å². The van der Waals surface area contributed by atoms with Gasteiger partial charge in [-0.25, -0.2) is 9.79 Å². The van der Waals surface area contributed by atoms with Gasteiger partial charge in [0.1, 0.15) is 12.6 Å². The maximum atomic E-state index is 13.9. The van der Waals surface area contributed by atoms with Crippen molar-refractivity contribution in [3.63, 3.8) is 0 Å². The fourth-order valence-corrected chi connectivity index (χ4v) is 5.92. The molecule has 3 aromatic carbocycles. The number of fused-ring (bicyclic) bond motifs is 1. The number of allylic oxidation sites excluding steroid dienone is 1. The Morgan fingerprint density at radius 3 is 2.51 bits per heavy atom. The summed E-state index contributed by atoms with van der Waals surface area (Å²) in [4.78, 5) is 32.3. The minimum absolute atomic E-state index is 0.285. The van der Waals surface area contributed by atoms with E-state index in [0.717, 1.165) is 11.1 Å². The molecule has 0 amide bonds. The smallest absolute Gasteiger partial charge is 0.338 e. The van der Waals surface area contributed by atoms with Crippen molar-refractivity contribution in [1.29, 1.82) is 0 Å². The molecule has 0 spiro atoms. The molecule has 1 aliphatic heterocycles. The molecule has 1 unspecified atom stereocenters. The number of rotatable bonds is 8. The van der Waals surface area contributed by atoms with Crippen molar-refractivity contribution in [3.05, 3.63) is 125 Å². The van der Waals surface area contributed by atoms with Crippen LogP contribution in [0.25, 0.3) is 6.08 Å². The van der Waals surface area contributed by atoms with E-state index in [2.05, 4.69) is 4.99 Å². The van der Waals surface area contributed by atoms with E-state index in [1.807, 2.05) is 60.7 Å². The molecule has 0 radical (unpaired) electrons. The number of carbonyl (C=O) groups excluding carboxylic acids is 1. The Bertz CT molecular complexity index is 1810. The highest BCUT2D eigenvalue weighted by Crippen LogP contribution is 2.35. The predicted molar refractivity (Wildman–Crippen MR) is 160 cm³/mol. The third-order valence-electron chi connectivity index (χ3n) is 6.51. The monoisotopic (exact) mass is 588 g/mol. The lowest BCUT2D eigenvalue weighted by Crippen LogP contribution is -2.40. The average molecular weight is 589 g/mol. The number of nitrogens with zero attached hydrogens (tertiary/aromatic N) is 2. The zero-order chi connectivity index (χ0) is 29.1. The minimum Gasteiger partial charge on any atom is -0.493 e. The molecule has 0 saturated heterocycles. The summed E-state index contributed by atoms with van der Waals surface area (Å²) in [6, 6.07) is 21.8. The van der Waals surface area contributed by atoms with E-state index in [1.165, 1.54) is 15.9 Å². The van der Waals surface area contributed by atoms with Gasteiger partial charge in [-0.3, -0.25) is 9.36 Å². The summed E-state index contributed by atoms with van der Waals surface area (Å²) in [5.74, 6) is 0.611. The van der Waals surface area contributed by atoms with Gasteiger partial charge in [0.2, 0.25) is 0 Å². The number of esters is 1. The van der Waals surface area contributed by atoms with Crippen molar-refractivity contribution in [2.45, 2.75) is 39.5 Å². The minimum atomic E-state index is -0.781. The number of hydrogen-bond donors (Lipinski definition) is 0. The van der Waals surface area contributed by atoms with E-state index >= 15 is 0 Å². The molecule has 1 atom stereocenters. The third kappa shape index (κ3) is 5.99. The first-order valence-corrected chi connectivity index (χ1v) is 14.3. The van der Waals surface area contributed by atoms with E-state index in [-0.39, 0.29) is 17.2 Å². The van der Waals surface area contributed by atoms with Crippen LogP contribution in [0.15, 0.2) is 93.9 Å². The first-order chi connectivity index (χ1) is 19.8. The van der Waals surface area contributed by atoms with Gasteiger partial charge < -0.3 is 14.2 Å². The van der Waals surface area contributed by atoms with Crippen LogP contribution in [0.3, 0.4) is 0 Å². The molecular formula is C32H29ClN2O5S. The van der Waals surface area contributed by atoms with E-state index in [9.17, 15) is 9.59 Å². The Kier molecular flexibility index (Phi) is 8.42. The second-order valence-corrected chi connectivity index (χ2v) is 11.2. The SMILES string of the molecule is COc1cc(C=c2sc3n(c2=O)C(c2ccccc2Cl)C(C(=O)OC(C)C)=C(C)N=3)ccc1OCc1ccccc1. The van der Waals surface area contributed by atoms with Gasteiger partial charge in [-0.15, -0.1) is 0 Å². The van der Waals surface area contributed by atoms with E-state index in [1.54, 1.807) is 46.1 Å². The summed E-state index contributed by atoms with van der Waals surface area (Å²) >= 11 is 7.84. The lowest BCUT2D eigenvalue weighted by atomic mass is 9.96. The van der Waals surface area contributed by atoms with Crippen LogP contribution >= 0.6 is 22.9 Å². The number of methoxy groups -OCH3 is 1. The van der Waals surface area contributed by atoms with E-state index in [4.69, 9.17) is 25.8 Å². The highest BCUT2D eigenvalue weighted by Gasteiger charge is 2.34. The van der Waals surface area contributed by atoms with Crippen LogP contribution in [0.2, 0.25) is 5.02 Å². The second kappa shape index (κ2) is 12.2. The van der Waals surface area contributed by atoms with Crippen molar-refractivity contribution in [2.75, 3.05) is 7.11 Å². The Morgan fingerprint density at radius 1 is 1.07 bits per heavy atom. The first kappa shape index (κ1) is 28.4. The van der Waals surface area contributed by atoms with Crippen LogP contribution in [0, 0.1) is 0 Å². The number of thiazole rings is 1. The molecule has 1 aliphatic rings. The van der Waals surface area contributed by atoms with Gasteiger partial charge in [-0.05, 0) is 61.7 Å². The maximum Gasteiger partial charge on any atom is 0.338 e. The molecular weight excluding hydrogens is 560 g/mol. The molecule has 0 saturated carbocycles. The topological polar surface area (TPSA) is 79.1 Å².